The van der Waals surface area contributed by atoms with Gasteiger partial charge in [0.05, 0.1) is 6.61 Å². The minimum Gasteiger partial charge on any atom is -0.466 e. The second kappa shape index (κ2) is 9.54. The van der Waals surface area contributed by atoms with Gasteiger partial charge < -0.3 is 10.1 Å². The molecule has 0 unspecified atom stereocenters. The van der Waals surface area contributed by atoms with Crippen LogP contribution >= 0.6 is 0 Å². The standard InChI is InChI=1S/C17H27NO2/c1-4-20-17(19)11-6-5-7-12-18-15(3)16-10-8-9-14(2)13-16/h8-10,13,15,18H,4-7,11-12H2,1-3H3/t15-/m1/s1. The van der Waals surface area contributed by atoms with Gasteiger partial charge in [-0.3, -0.25) is 4.79 Å². The Balaban J connectivity index is 2.11. The first-order chi connectivity index (χ1) is 9.63. The van der Waals surface area contributed by atoms with Gasteiger partial charge in [-0.2, -0.15) is 0 Å². The van der Waals surface area contributed by atoms with Crippen molar-refractivity contribution in [3.63, 3.8) is 0 Å². The fourth-order valence-corrected chi connectivity index (χ4v) is 2.18. The number of hydrogen-bond acceptors (Lipinski definition) is 3. The van der Waals surface area contributed by atoms with Gasteiger partial charge in [0.15, 0.2) is 0 Å². The molecule has 3 heteroatoms. The molecule has 0 saturated carbocycles. The van der Waals surface area contributed by atoms with Crippen molar-refractivity contribution < 1.29 is 9.53 Å². The zero-order valence-electron chi connectivity index (χ0n) is 12.9. The van der Waals surface area contributed by atoms with Crippen LogP contribution < -0.4 is 5.32 Å². The minimum absolute atomic E-state index is 0.0754. The monoisotopic (exact) mass is 277 g/mol. The lowest BCUT2D eigenvalue weighted by atomic mass is 10.1. The SMILES string of the molecule is CCOC(=O)CCCCCN[C@H](C)c1cccc(C)c1. The van der Waals surface area contributed by atoms with Crippen LogP contribution in [0.15, 0.2) is 24.3 Å². The number of nitrogens with one attached hydrogen (secondary N) is 1. The predicted octanol–water partition coefficient (Wildman–Crippen LogP) is 3.77. The Morgan fingerprint density at radius 1 is 1.30 bits per heavy atom. The van der Waals surface area contributed by atoms with Crippen LogP contribution in [0.25, 0.3) is 0 Å². The molecule has 0 spiro atoms. The fraction of sp³-hybridized carbons (Fsp3) is 0.588. The molecule has 1 N–H and O–H groups in total. The third kappa shape index (κ3) is 6.71. The van der Waals surface area contributed by atoms with E-state index >= 15 is 0 Å². The molecular weight excluding hydrogens is 250 g/mol. The molecule has 0 aliphatic carbocycles. The highest BCUT2D eigenvalue weighted by molar-refractivity contribution is 5.69. The first-order valence-electron chi connectivity index (χ1n) is 7.59. The van der Waals surface area contributed by atoms with Gasteiger partial charge in [0.2, 0.25) is 0 Å². The van der Waals surface area contributed by atoms with Crippen molar-refractivity contribution in [2.75, 3.05) is 13.2 Å². The molecule has 0 aliphatic heterocycles. The molecule has 0 amide bonds. The van der Waals surface area contributed by atoms with Crippen LogP contribution in [-0.4, -0.2) is 19.1 Å². The number of hydrogen-bond donors (Lipinski definition) is 1. The van der Waals surface area contributed by atoms with Crippen molar-refractivity contribution >= 4 is 5.97 Å². The van der Waals surface area contributed by atoms with Crippen LogP contribution in [0.2, 0.25) is 0 Å². The number of carbonyl (C=O) groups excluding carboxylic acids is 1. The summed E-state index contributed by atoms with van der Waals surface area (Å²) in [6.07, 6.45) is 3.61. The summed E-state index contributed by atoms with van der Waals surface area (Å²) in [7, 11) is 0. The Morgan fingerprint density at radius 3 is 2.80 bits per heavy atom. The number of benzene rings is 1. The van der Waals surface area contributed by atoms with Crippen LogP contribution in [0.3, 0.4) is 0 Å². The lowest BCUT2D eigenvalue weighted by Crippen LogP contribution is -2.19. The average molecular weight is 277 g/mol. The molecule has 0 heterocycles. The maximum atomic E-state index is 11.2. The third-order valence-corrected chi connectivity index (χ3v) is 3.36. The van der Waals surface area contributed by atoms with Gasteiger partial charge >= 0.3 is 5.97 Å². The second-order valence-electron chi connectivity index (χ2n) is 5.21. The molecule has 0 radical (unpaired) electrons. The highest BCUT2D eigenvalue weighted by atomic mass is 16.5. The molecule has 0 bridgehead atoms. The maximum Gasteiger partial charge on any atom is 0.305 e. The summed E-state index contributed by atoms with van der Waals surface area (Å²) in [6.45, 7) is 7.61. The van der Waals surface area contributed by atoms with Gasteiger partial charge in [-0.1, -0.05) is 36.2 Å². The number of carbonyl (C=O) groups is 1. The fourth-order valence-electron chi connectivity index (χ4n) is 2.18. The molecule has 20 heavy (non-hydrogen) atoms. The second-order valence-corrected chi connectivity index (χ2v) is 5.21. The van der Waals surface area contributed by atoms with E-state index < -0.39 is 0 Å². The van der Waals surface area contributed by atoms with E-state index in [0.29, 0.717) is 19.1 Å². The molecule has 0 aliphatic rings. The summed E-state index contributed by atoms with van der Waals surface area (Å²) in [6, 6.07) is 8.97. The van der Waals surface area contributed by atoms with Crippen molar-refractivity contribution in [3.05, 3.63) is 35.4 Å². The molecule has 3 nitrogen and oxygen atoms in total. The molecular formula is C17H27NO2. The van der Waals surface area contributed by atoms with E-state index in [1.165, 1.54) is 11.1 Å². The number of unbranched alkanes of at least 4 members (excludes halogenated alkanes) is 2. The lowest BCUT2D eigenvalue weighted by Gasteiger charge is -2.14. The normalized spacial score (nSPS) is 12.2. The zero-order chi connectivity index (χ0) is 14.8. The van der Waals surface area contributed by atoms with Gasteiger partial charge in [-0.05, 0) is 45.7 Å². The van der Waals surface area contributed by atoms with E-state index in [0.717, 1.165) is 25.8 Å². The predicted molar refractivity (Wildman–Crippen MR) is 82.7 cm³/mol. The Labute approximate surface area is 122 Å². The molecule has 0 saturated heterocycles. The van der Waals surface area contributed by atoms with Crippen molar-refractivity contribution in [1.29, 1.82) is 0 Å². The molecule has 1 rings (SSSR count). The highest BCUT2D eigenvalue weighted by Crippen LogP contribution is 2.13. The van der Waals surface area contributed by atoms with Crippen LogP contribution in [-0.2, 0) is 9.53 Å². The van der Waals surface area contributed by atoms with Gasteiger partial charge in [-0.25, -0.2) is 0 Å². The van der Waals surface area contributed by atoms with Gasteiger partial charge in [0, 0.05) is 12.5 Å². The van der Waals surface area contributed by atoms with Crippen molar-refractivity contribution in [1.82, 2.24) is 5.32 Å². The Bertz CT molecular complexity index is 404. The first kappa shape index (κ1) is 16.7. The Morgan fingerprint density at radius 2 is 2.10 bits per heavy atom. The maximum absolute atomic E-state index is 11.2. The number of ether oxygens (including phenoxy) is 1. The van der Waals surface area contributed by atoms with Crippen molar-refractivity contribution in [2.45, 2.75) is 52.5 Å². The molecule has 1 atom stereocenters. The molecule has 1 aromatic carbocycles. The average Bonchev–Trinajstić information content (AvgIpc) is 2.42. The zero-order valence-corrected chi connectivity index (χ0v) is 12.9. The van der Waals surface area contributed by atoms with E-state index in [9.17, 15) is 4.79 Å². The van der Waals surface area contributed by atoms with Gasteiger partial charge in [0.1, 0.15) is 0 Å². The van der Waals surface area contributed by atoms with E-state index in [-0.39, 0.29) is 5.97 Å². The highest BCUT2D eigenvalue weighted by Gasteiger charge is 2.04. The summed E-state index contributed by atoms with van der Waals surface area (Å²) < 4.78 is 4.90. The summed E-state index contributed by atoms with van der Waals surface area (Å²) >= 11 is 0. The van der Waals surface area contributed by atoms with E-state index in [1.807, 2.05) is 6.92 Å². The number of esters is 1. The number of rotatable bonds is 9. The van der Waals surface area contributed by atoms with Crippen LogP contribution in [0.1, 0.15) is 56.7 Å². The minimum atomic E-state index is -0.0754. The third-order valence-electron chi connectivity index (χ3n) is 3.36. The topological polar surface area (TPSA) is 38.3 Å². The van der Waals surface area contributed by atoms with Gasteiger partial charge in [-0.15, -0.1) is 0 Å². The van der Waals surface area contributed by atoms with E-state index in [4.69, 9.17) is 4.74 Å². The van der Waals surface area contributed by atoms with Crippen LogP contribution in [0, 0.1) is 6.92 Å². The van der Waals surface area contributed by atoms with Crippen molar-refractivity contribution in [3.8, 4) is 0 Å². The lowest BCUT2D eigenvalue weighted by molar-refractivity contribution is -0.143. The van der Waals surface area contributed by atoms with Crippen molar-refractivity contribution in [2.24, 2.45) is 0 Å². The molecule has 112 valence electrons. The number of aryl methyl sites for hydroxylation is 1. The van der Waals surface area contributed by atoms with Gasteiger partial charge in [0.25, 0.3) is 0 Å². The molecule has 0 fully saturated rings. The Hall–Kier alpha value is -1.35. The quantitative estimate of drug-likeness (QED) is 0.551. The first-order valence-corrected chi connectivity index (χ1v) is 7.59. The van der Waals surface area contributed by atoms with Crippen LogP contribution in [0.5, 0.6) is 0 Å². The largest absolute Gasteiger partial charge is 0.466 e. The summed E-state index contributed by atoms with van der Waals surface area (Å²) in [5.74, 6) is -0.0754. The summed E-state index contributed by atoms with van der Waals surface area (Å²) in [4.78, 5) is 11.2. The summed E-state index contributed by atoms with van der Waals surface area (Å²) in [5.41, 5.74) is 2.63. The Kier molecular flexibility index (Phi) is 7.97. The summed E-state index contributed by atoms with van der Waals surface area (Å²) in [5, 5.41) is 3.52. The smallest absolute Gasteiger partial charge is 0.305 e. The van der Waals surface area contributed by atoms with E-state index in [1.54, 1.807) is 0 Å². The van der Waals surface area contributed by atoms with E-state index in [2.05, 4.69) is 43.4 Å². The molecule has 0 aromatic heterocycles. The molecule has 1 aromatic rings. The van der Waals surface area contributed by atoms with Crippen LogP contribution in [0.4, 0.5) is 0 Å².